The first kappa shape index (κ1) is 15.3. The van der Waals surface area contributed by atoms with Crippen LogP contribution in [0.25, 0.3) is 0 Å². The molecule has 1 amide bonds. The van der Waals surface area contributed by atoms with Gasteiger partial charge >= 0.3 is 0 Å². The molecule has 0 spiro atoms. The van der Waals surface area contributed by atoms with Crippen molar-refractivity contribution in [1.29, 1.82) is 0 Å². The average molecular weight is 285 g/mol. The number of hydrogen-bond donors (Lipinski definition) is 2. The number of carbonyl (C=O) groups is 1. The van der Waals surface area contributed by atoms with Crippen molar-refractivity contribution in [3.8, 4) is 0 Å². The summed E-state index contributed by atoms with van der Waals surface area (Å²) in [6, 6.07) is 5.77. The molecule has 2 rings (SSSR count). The van der Waals surface area contributed by atoms with E-state index in [9.17, 15) is 4.79 Å². The first-order valence-electron chi connectivity index (χ1n) is 7.41. The van der Waals surface area contributed by atoms with Gasteiger partial charge in [0, 0.05) is 24.0 Å². The first-order valence-corrected chi connectivity index (χ1v) is 7.41. The van der Waals surface area contributed by atoms with Crippen molar-refractivity contribution in [2.24, 2.45) is 16.6 Å². The summed E-state index contributed by atoms with van der Waals surface area (Å²) in [7, 11) is 0. The summed E-state index contributed by atoms with van der Waals surface area (Å²) in [4.78, 5) is 16.3. The zero-order valence-corrected chi connectivity index (χ0v) is 12.7. The van der Waals surface area contributed by atoms with Crippen LogP contribution in [-0.4, -0.2) is 12.1 Å². The molecule has 1 aromatic rings. The maximum Gasteiger partial charge on any atom is 0.224 e. The molecule has 0 atom stereocenters. The minimum absolute atomic E-state index is 0.0937. The van der Waals surface area contributed by atoms with Gasteiger partial charge in [-0.25, -0.2) is 0 Å². The standard InChI is InChI=1S/C17H23N3O/c1-12-6-7-15(11-16(12)19-9-8-13(2)18)20-17(21)10-14-4-3-5-14/h6-9,11,14H,3-5,10,18H2,1-2H3,(H,20,21)/b13-8-,19-9?. The van der Waals surface area contributed by atoms with E-state index in [2.05, 4.69) is 10.3 Å². The Balaban J connectivity index is 2.01. The first-order chi connectivity index (χ1) is 10.0. The van der Waals surface area contributed by atoms with E-state index < -0.39 is 0 Å². The minimum Gasteiger partial charge on any atom is -0.402 e. The van der Waals surface area contributed by atoms with Gasteiger partial charge in [-0.2, -0.15) is 0 Å². The van der Waals surface area contributed by atoms with E-state index in [4.69, 9.17) is 5.73 Å². The quantitative estimate of drug-likeness (QED) is 0.810. The fourth-order valence-corrected chi connectivity index (χ4v) is 2.23. The molecule has 0 aromatic heterocycles. The van der Waals surface area contributed by atoms with Crippen molar-refractivity contribution in [3.05, 3.63) is 35.5 Å². The zero-order valence-electron chi connectivity index (χ0n) is 12.7. The number of nitrogens with two attached hydrogens (primary N) is 1. The monoisotopic (exact) mass is 285 g/mol. The second-order valence-corrected chi connectivity index (χ2v) is 5.74. The molecule has 1 saturated carbocycles. The number of amides is 1. The molecule has 0 radical (unpaired) electrons. The molecule has 4 nitrogen and oxygen atoms in total. The summed E-state index contributed by atoms with van der Waals surface area (Å²) < 4.78 is 0. The van der Waals surface area contributed by atoms with Gasteiger partial charge in [0.1, 0.15) is 0 Å². The number of carbonyl (C=O) groups excluding carboxylic acids is 1. The summed E-state index contributed by atoms with van der Waals surface area (Å²) in [5.74, 6) is 0.668. The number of aryl methyl sites for hydroxylation is 1. The smallest absolute Gasteiger partial charge is 0.224 e. The molecule has 1 aliphatic carbocycles. The Bertz CT molecular complexity index is 567. The Morgan fingerprint density at radius 1 is 1.48 bits per heavy atom. The van der Waals surface area contributed by atoms with E-state index in [-0.39, 0.29) is 5.91 Å². The third-order valence-electron chi connectivity index (χ3n) is 3.74. The van der Waals surface area contributed by atoms with Crippen LogP contribution in [0.15, 0.2) is 35.0 Å². The van der Waals surface area contributed by atoms with Crippen molar-refractivity contribution in [2.45, 2.75) is 39.5 Å². The normalized spacial score (nSPS) is 16.0. The lowest BCUT2D eigenvalue weighted by atomic mass is 9.83. The van der Waals surface area contributed by atoms with Gasteiger partial charge in [-0.15, -0.1) is 0 Å². The van der Waals surface area contributed by atoms with Gasteiger partial charge in [0.15, 0.2) is 0 Å². The number of aliphatic imine (C=N–C) groups is 1. The molecular formula is C17H23N3O. The van der Waals surface area contributed by atoms with Gasteiger partial charge in [-0.3, -0.25) is 9.79 Å². The fourth-order valence-electron chi connectivity index (χ4n) is 2.23. The van der Waals surface area contributed by atoms with E-state index in [1.54, 1.807) is 12.3 Å². The SMILES string of the molecule is C/C(N)=C/C=Nc1cc(NC(=O)CC2CCC2)ccc1C. The van der Waals surface area contributed by atoms with Crippen LogP contribution in [0.2, 0.25) is 0 Å². The summed E-state index contributed by atoms with van der Waals surface area (Å²) in [6.45, 7) is 3.81. The Hall–Kier alpha value is -2.10. The fraction of sp³-hybridized carbons (Fsp3) is 0.412. The molecule has 0 bridgehead atoms. The molecule has 0 aliphatic heterocycles. The van der Waals surface area contributed by atoms with E-state index in [0.29, 0.717) is 18.0 Å². The van der Waals surface area contributed by atoms with Gasteiger partial charge in [0.2, 0.25) is 5.91 Å². The van der Waals surface area contributed by atoms with Gasteiger partial charge < -0.3 is 11.1 Å². The molecule has 3 N–H and O–H groups in total. The van der Waals surface area contributed by atoms with Gasteiger partial charge in [-0.1, -0.05) is 12.5 Å². The summed E-state index contributed by atoms with van der Waals surface area (Å²) in [6.07, 6.45) is 7.68. The maximum atomic E-state index is 11.9. The number of rotatable bonds is 5. The number of nitrogens with zero attached hydrogens (tertiary/aromatic N) is 1. The van der Waals surface area contributed by atoms with Crippen LogP contribution in [0.3, 0.4) is 0 Å². The van der Waals surface area contributed by atoms with E-state index in [0.717, 1.165) is 16.9 Å². The number of anilines is 1. The van der Waals surface area contributed by atoms with Crippen LogP contribution in [0, 0.1) is 12.8 Å². The predicted molar refractivity (Wildman–Crippen MR) is 87.9 cm³/mol. The van der Waals surface area contributed by atoms with E-state index >= 15 is 0 Å². The van der Waals surface area contributed by atoms with E-state index in [1.807, 2.05) is 32.0 Å². The number of allylic oxidation sites excluding steroid dienone is 2. The van der Waals surface area contributed by atoms with Crippen molar-refractivity contribution in [1.82, 2.24) is 0 Å². The third-order valence-corrected chi connectivity index (χ3v) is 3.74. The maximum absolute atomic E-state index is 11.9. The highest BCUT2D eigenvalue weighted by Gasteiger charge is 2.20. The lowest BCUT2D eigenvalue weighted by Crippen LogP contribution is -2.20. The average Bonchev–Trinajstić information content (AvgIpc) is 2.37. The van der Waals surface area contributed by atoms with Crippen molar-refractivity contribution in [2.75, 3.05) is 5.32 Å². The van der Waals surface area contributed by atoms with Crippen LogP contribution >= 0.6 is 0 Å². The minimum atomic E-state index is 0.0937. The highest BCUT2D eigenvalue weighted by molar-refractivity contribution is 5.91. The van der Waals surface area contributed by atoms with Gasteiger partial charge in [0.05, 0.1) is 5.69 Å². The largest absolute Gasteiger partial charge is 0.402 e. The molecule has 0 saturated heterocycles. The lowest BCUT2D eigenvalue weighted by Gasteiger charge is -2.24. The van der Waals surface area contributed by atoms with E-state index in [1.165, 1.54) is 19.3 Å². The summed E-state index contributed by atoms with van der Waals surface area (Å²) in [5, 5.41) is 2.95. The van der Waals surface area contributed by atoms with Crippen LogP contribution in [0.4, 0.5) is 11.4 Å². The second kappa shape index (κ2) is 7.07. The molecule has 4 heteroatoms. The summed E-state index contributed by atoms with van der Waals surface area (Å²) >= 11 is 0. The second-order valence-electron chi connectivity index (χ2n) is 5.74. The highest BCUT2D eigenvalue weighted by Crippen LogP contribution is 2.30. The Labute approximate surface area is 126 Å². The predicted octanol–water partition coefficient (Wildman–Crippen LogP) is 3.69. The van der Waals surface area contributed by atoms with Crippen molar-refractivity contribution in [3.63, 3.8) is 0 Å². The number of benzene rings is 1. The summed E-state index contributed by atoms with van der Waals surface area (Å²) in [5.41, 5.74) is 8.98. The highest BCUT2D eigenvalue weighted by atomic mass is 16.1. The van der Waals surface area contributed by atoms with Gasteiger partial charge in [-0.05, 0) is 56.4 Å². The zero-order chi connectivity index (χ0) is 15.2. The molecule has 0 heterocycles. The van der Waals surface area contributed by atoms with Crippen LogP contribution in [-0.2, 0) is 4.79 Å². The topological polar surface area (TPSA) is 67.5 Å². The molecule has 0 unspecified atom stereocenters. The number of hydrogen-bond acceptors (Lipinski definition) is 3. The van der Waals surface area contributed by atoms with Gasteiger partial charge in [0.25, 0.3) is 0 Å². The lowest BCUT2D eigenvalue weighted by molar-refractivity contribution is -0.117. The molecule has 112 valence electrons. The molecule has 1 aliphatic rings. The molecule has 1 aromatic carbocycles. The Morgan fingerprint density at radius 3 is 2.86 bits per heavy atom. The number of nitrogens with one attached hydrogen (secondary N) is 1. The van der Waals surface area contributed by atoms with Crippen LogP contribution in [0.5, 0.6) is 0 Å². The third kappa shape index (κ3) is 4.74. The van der Waals surface area contributed by atoms with Crippen LogP contribution < -0.4 is 11.1 Å². The molecule has 1 fully saturated rings. The van der Waals surface area contributed by atoms with Crippen molar-refractivity contribution < 1.29 is 4.79 Å². The van der Waals surface area contributed by atoms with Crippen LogP contribution in [0.1, 0.15) is 38.2 Å². The molecule has 21 heavy (non-hydrogen) atoms. The molecular weight excluding hydrogens is 262 g/mol. The Kier molecular flexibility index (Phi) is 5.14. The van der Waals surface area contributed by atoms with Crippen molar-refractivity contribution >= 4 is 23.5 Å². The Morgan fingerprint density at radius 2 is 2.24 bits per heavy atom.